The number of halogens is 1. The molecule has 0 amide bonds. The van der Waals surface area contributed by atoms with E-state index in [4.69, 9.17) is 28.2 Å². The molecule has 0 aliphatic heterocycles. The third kappa shape index (κ3) is 2.12. The highest BCUT2D eigenvalue weighted by Gasteiger charge is 2.22. The van der Waals surface area contributed by atoms with Gasteiger partial charge in [0.25, 0.3) is 0 Å². The van der Waals surface area contributed by atoms with E-state index < -0.39 is 5.54 Å². The predicted octanol–water partition coefficient (Wildman–Crippen LogP) is 1.09. The summed E-state index contributed by atoms with van der Waals surface area (Å²) in [5.41, 5.74) is 11.9. The minimum absolute atomic E-state index is 0.154. The molecule has 4 heteroatoms. The minimum atomic E-state index is -0.811. The van der Waals surface area contributed by atoms with Crippen LogP contribution in [0, 0.1) is 0 Å². The number of aliphatic hydroxyl groups excluding tert-OH is 1. The predicted molar refractivity (Wildman–Crippen MR) is 54.5 cm³/mol. The van der Waals surface area contributed by atoms with Gasteiger partial charge in [0.1, 0.15) is 0 Å². The Morgan fingerprint density at radius 1 is 1.54 bits per heavy atom. The summed E-state index contributed by atoms with van der Waals surface area (Å²) in [5.74, 6) is 0. The second-order valence-corrected chi connectivity index (χ2v) is 3.74. The molecule has 1 aromatic carbocycles. The minimum Gasteiger partial charge on any atom is -0.398 e. The number of hydrogen-bond acceptors (Lipinski definition) is 3. The van der Waals surface area contributed by atoms with E-state index in [1.54, 1.807) is 25.1 Å². The Labute approximate surface area is 82.3 Å². The van der Waals surface area contributed by atoms with Crippen LogP contribution in [0.25, 0.3) is 0 Å². The number of hydrogen-bond donors (Lipinski definition) is 3. The van der Waals surface area contributed by atoms with Crippen LogP contribution >= 0.6 is 11.6 Å². The first kappa shape index (κ1) is 10.3. The van der Waals surface area contributed by atoms with E-state index in [1.807, 2.05) is 0 Å². The third-order valence-corrected chi connectivity index (χ3v) is 2.19. The van der Waals surface area contributed by atoms with E-state index in [0.717, 1.165) is 0 Å². The van der Waals surface area contributed by atoms with Crippen molar-refractivity contribution < 1.29 is 5.11 Å². The van der Waals surface area contributed by atoms with Crippen molar-refractivity contribution in [2.24, 2.45) is 5.73 Å². The van der Waals surface area contributed by atoms with Crippen LogP contribution in [0.4, 0.5) is 5.69 Å². The Bertz CT molecular complexity index is 312. The lowest BCUT2D eigenvalue weighted by Crippen LogP contribution is -2.37. The van der Waals surface area contributed by atoms with E-state index in [0.29, 0.717) is 16.3 Å². The zero-order valence-corrected chi connectivity index (χ0v) is 8.17. The fourth-order valence-electron chi connectivity index (χ4n) is 1.14. The summed E-state index contributed by atoms with van der Waals surface area (Å²) < 4.78 is 0. The lowest BCUT2D eigenvalue weighted by molar-refractivity contribution is 0.210. The maximum atomic E-state index is 9.03. The van der Waals surface area contributed by atoms with Crippen LogP contribution in [-0.4, -0.2) is 11.7 Å². The summed E-state index contributed by atoms with van der Waals surface area (Å²) in [5, 5.41) is 9.59. The number of aliphatic hydroxyl groups is 1. The quantitative estimate of drug-likeness (QED) is 0.626. The molecule has 0 heterocycles. The van der Waals surface area contributed by atoms with Gasteiger partial charge >= 0.3 is 0 Å². The molecular weight excluding hydrogens is 188 g/mol. The Balaban J connectivity index is 3.16. The first-order chi connectivity index (χ1) is 5.97. The molecule has 3 nitrogen and oxygen atoms in total. The normalized spacial score (nSPS) is 15.4. The number of nitrogens with two attached hydrogens (primary N) is 2. The van der Waals surface area contributed by atoms with Gasteiger partial charge in [-0.2, -0.15) is 0 Å². The Morgan fingerprint density at radius 2 is 2.15 bits per heavy atom. The van der Waals surface area contributed by atoms with Gasteiger partial charge in [-0.1, -0.05) is 17.7 Å². The summed E-state index contributed by atoms with van der Waals surface area (Å²) in [6, 6.07) is 5.06. The van der Waals surface area contributed by atoms with Crippen molar-refractivity contribution in [1.29, 1.82) is 0 Å². The average molecular weight is 201 g/mol. The molecule has 1 aromatic rings. The number of anilines is 1. The zero-order chi connectivity index (χ0) is 10.1. The van der Waals surface area contributed by atoms with Gasteiger partial charge in [-0.3, -0.25) is 0 Å². The Kier molecular flexibility index (Phi) is 2.81. The van der Waals surface area contributed by atoms with Gasteiger partial charge < -0.3 is 16.6 Å². The van der Waals surface area contributed by atoms with E-state index in [9.17, 15) is 0 Å². The number of rotatable bonds is 2. The fraction of sp³-hybridized carbons (Fsp3) is 0.333. The summed E-state index contributed by atoms with van der Waals surface area (Å²) in [4.78, 5) is 0. The molecule has 0 fully saturated rings. The van der Waals surface area contributed by atoms with Crippen LogP contribution < -0.4 is 11.5 Å². The van der Waals surface area contributed by atoms with Gasteiger partial charge in [0.05, 0.1) is 12.1 Å². The van der Waals surface area contributed by atoms with Gasteiger partial charge in [0.15, 0.2) is 0 Å². The lowest BCUT2D eigenvalue weighted by atomic mass is 9.93. The van der Waals surface area contributed by atoms with Gasteiger partial charge in [-0.05, 0) is 24.6 Å². The largest absolute Gasteiger partial charge is 0.398 e. The van der Waals surface area contributed by atoms with Gasteiger partial charge in [0.2, 0.25) is 0 Å². The molecule has 13 heavy (non-hydrogen) atoms. The highest BCUT2D eigenvalue weighted by molar-refractivity contribution is 6.30. The standard InChI is InChI=1S/C9H13ClN2O/c1-9(12,5-13)7-3-2-6(10)4-8(7)11/h2-4,13H,5,11-12H2,1H3. The van der Waals surface area contributed by atoms with Crippen molar-refractivity contribution in [3.05, 3.63) is 28.8 Å². The summed E-state index contributed by atoms with van der Waals surface area (Å²) in [7, 11) is 0. The maximum Gasteiger partial charge on any atom is 0.0651 e. The zero-order valence-electron chi connectivity index (χ0n) is 7.42. The summed E-state index contributed by atoms with van der Waals surface area (Å²) in [6.07, 6.45) is 0. The van der Waals surface area contributed by atoms with Crippen molar-refractivity contribution in [2.75, 3.05) is 12.3 Å². The highest BCUT2D eigenvalue weighted by Crippen LogP contribution is 2.26. The summed E-state index contributed by atoms with van der Waals surface area (Å²) >= 11 is 5.73. The third-order valence-electron chi connectivity index (χ3n) is 1.96. The second kappa shape index (κ2) is 3.54. The number of nitrogen functional groups attached to an aromatic ring is 1. The molecule has 0 saturated heterocycles. The van der Waals surface area contributed by atoms with E-state index in [-0.39, 0.29) is 6.61 Å². The van der Waals surface area contributed by atoms with Crippen molar-refractivity contribution in [3.8, 4) is 0 Å². The van der Waals surface area contributed by atoms with Crippen LogP contribution in [0.5, 0.6) is 0 Å². The fourth-order valence-corrected chi connectivity index (χ4v) is 1.32. The molecule has 0 saturated carbocycles. The molecule has 5 N–H and O–H groups in total. The van der Waals surface area contributed by atoms with Crippen molar-refractivity contribution >= 4 is 17.3 Å². The highest BCUT2D eigenvalue weighted by atomic mass is 35.5. The molecule has 0 aliphatic rings. The Morgan fingerprint density at radius 3 is 2.62 bits per heavy atom. The van der Waals surface area contributed by atoms with Crippen molar-refractivity contribution in [1.82, 2.24) is 0 Å². The molecule has 1 unspecified atom stereocenters. The van der Waals surface area contributed by atoms with Crippen molar-refractivity contribution in [3.63, 3.8) is 0 Å². The van der Waals surface area contributed by atoms with Crippen LogP contribution in [-0.2, 0) is 5.54 Å². The van der Waals surface area contributed by atoms with Crippen LogP contribution in [0.1, 0.15) is 12.5 Å². The van der Waals surface area contributed by atoms with Gasteiger partial charge in [0, 0.05) is 10.7 Å². The molecule has 0 radical (unpaired) electrons. The molecule has 0 spiro atoms. The van der Waals surface area contributed by atoms with E-state index >= 15 is 0 Å². The monoisotopic (exact) mass is 200 g/mol. The van der Waals surface area contributed by atoms with E-state index in [2.05, 4.69) is 0 Å². The maximum absolute atomic E-state index is 9.03. The molecule has 1 atom stereocenters. The summed E-state index contributed by atoms with van der Waals surface area (Å²) in [6.45, 7) is 1.56. The smallest absolute Gasteiger partial charge is 0.0651 e. The molecular formula is C9H13ClN2O. The first-order valence-electron chi connectivity index (χ1n) is 3.92. The van der Waals surface area contributed by atoms with Crippen molar-refractivity contribution in [2.45, 2.75) is 12.5 Å². The SMILES string of the molecule is CC(N)(CO)c1ccc(Cl)cc1N. The van der Waals surface area contributed by atoms with Gasteiger partial charge in [-0.25, -0.2) is 0 Å². The molecule has 72 valence electrons. The molecule has 0 bridgehead atoms. The first-order valence-corrected chi connectivity index (χ1v) is 4.30. The van der Waals surface area contributed by atoms with Gasteiger partial charge in [-0.15, -0.1) is 0 Å². The second-order valence-electron chi connectivity index (χ2n) is 3.31. The topological polar surface area (TPSA) is 72.3 Å². The van der Waals surface area contributed by atoms with Crippen LogP contribution in [0.2, 0.25) is 5.02 Å². The van der Waals surface area contributed by atoms with E-state index in [1.165, 1.54) is 0 Å². The average Bonchev–Trinajstić information content (AvgIpc) is 2.03. The molecule has 1 rings (SSSR count). The van der Waals surface area contributed by atoms with Crippen LogP contribution in [0.15, 0.2) is 18.2 Å². The van der Waals surface area contributed by atoms with Crippen LogP contribution in [0.3, 0.4) is 0 Å². The Hall–Kier alpha value is -0.770. The molecule has 0 aliphatic carbocycles. The molecule has 0 aromatic heterocycles. The lowest BCUT2D eigenvalue weighted by Gasteiger charge is -2.23. The number of benzene rings is 1.